The lowest BCUT2D eigenvalue weighted by Crippen LogP contribution is -2.29. The maximum Gasteiger partial charge on any atom is 0.159 e. The van der Waals surface area contributed by atoms with E-state index in [9.17, 15) is 13.2 Å². The van der Waals surface area contributed by atoms with Crippen molar-refractivity contribution in [1.29, 1.82) is 0 Å². The highest BCUT2D eigenvalue weighted by molar-refractivity contribution is 7.92. The molecule has 1 atom stereocenters. The highest BCUT2D eigenvalue weighted by atomic mass is 32.2. The molecular weight excluding hydrogens is 176 g/mol. The van der Waals surface area contributed by atoms with E-state index in [2.05, 4.69) is 0 Å². The lowest BCUT2D eigenvalue weighted by atomic mass is 10.2. The van der Waals surface area contributed by atoms with Crippen LogP contribution in [0.4, 0.5) is 0 Å². The first-order valence-corrected chi connectivity index (χ1v) is 5.96. The fourth-order valence-electron chi connectivity index (χ4n) is 1.13. The summed E-state index contributed by atoms with van der Waals surface area (Å²) in [5, 5.41) is -0.782. The molecule has 0 N–H and O–H groups in total. The zero-order chi connectivity index (χ0) is 9.35. The molecular formula is C8H14O3S. The average molecular weight is 190 g/mol. The molecule has 0 unspecified atom stereocenters. The molecule has 3 nitrogen and oxygen atoms in total. The van der Waals surface area contributed by atoms with E-state index in [1.165, 1.54) is 6.92 Å². The van der Waals surface area contributed by atoms with Crippen LogP contribution in [0.15, 0.2) is 0 Å². The van der Waals surface area contributed by atoms with Gasteiger partial charge in [-0.1, -0.05) is 6.92 Å². The van der Waals surface area contributed by atoms with Crippen LogP contribution in [0.5, 0.6) is 0 Å². The van der Waals surface area contributed by atoms with Gasteiger partial charge in [-0.15, -0.1) is 0 Å². The van der Waals surface area contributed by atoms with E-state index < -0.39 is 15.1 Å². The van der Waals surface area contributed by atoms with Crippen LogP contribution in [-0.4, -0.2) is 25.2 Å². The van der Waals surface area contributed by atoms with Crippen molar-refractivity contribution >= 4 is 15.6 Å². The molecule has 0 bridgehead atoms. The van der Waals surface area contributed by atoms with E-state index in [0.29, 0.717) is 0 Å². The minimum Gasteiger partial charge on any atom is -0.298 e. The average Bonchev–Trinajstić information content (AvgIpc) is 2.84. The predicted molar refractivity (Wildman–Crippen MR) is 46.7 cm³/mol. The molecule has 1 aliphatic rings. The minimum atomic E-state index is -3.15. The van der Waals surface area contributed by atoms with Crippen LogP contribution in [0.1, 0.15) is 26.7 Å². The zero-order valence-corrected chi connectivity index (χ0v) is 8.23. The smallest absolute Gasteiger partial charge is 0.159 e. The molecule has 1 fully saturated rings. The molecule has 0 radical (unpaired) electrons. The van der Waals surface area contributed by atoms with E-state index in [1.807, 2.05) is 0 Å². The summed E-state index contributed by atoms with van der Waals surface area (Å²) in [5.74, 6) is 0.0188. The third kappa shape index (κ3) is 1.86. The first-order chi connectivity index (χ1) is 5.49. The number of Topliss-reactive ketones (excluding diaryl/α,β-unsaturated/α-hetero) is 1. The molecule has 70 valence electrons. The van der Waals surface area contributed by atoms with Crippen molar-refractivity contribution in [1.82, 2.24) is 0 Å². The molecule has 0 amide bonds. The lowest BCUT2D eigenvalue weighted by Gasteiger charge is -2.08. The van der Waals surface area contributed by atoms with Crippen LogP contribution in [0.25, 0.3) is 0 Å². The van der Waals surface area contributed by atoms with E-state index in [1.54, 1.807) is 6.92 Å². The van der Waals surface area contributed by atoms with Gasteiger partial charge in [-0.2, -0.15) is 0 Å². The molecule has 0 aromatic carbocycles. The number of carbonyl (C=O) groups excluding carboxylic acids is 1. The Hall–Kier alpha value is -0.380. The number of sulfone groups is 1. The topological polar surface area (TPSA) is 51.2 Å². The number of rotatable bonds is 4. The van der Waals surface area contributed by atoms with Crippen molar-refractivity contribution in [3.8, 4) is 0 Å². The molecule has 0 aromatic rings. The molecule has 0 heterocycles. The molecule has 0 spiro atoms. The van der Waals surface area contributed by atoms with Crippen molar-refractivity contribution in [2.45, 2.75) is 31.9 Å². The summed E-state index contributed by atoms with van der Waals surface area (Å²) in [5.41, 5.74) is 0. The second kappa shape index (κ2) is 3.17. The van der Waals surface area contributed by atoms with Crippen LogP contribution in [0.2, 0.25) is 0 Å². The Morgan fingerprint density at radius 1 is 1.50 bits per heavy atom. The van der Waals surface area contributed by atoms with Gasteiger partial charge in [0.1, 0.15) is 5.25 Å². The summed E-state index contributed by atoms with van der Waals surface area (Å²) in [6, 6.07) is 0. The Kier molecular flexibility index (Phi) is 2.56. The number of hydrogen-bond donors (Lipinski definition) is 0. The summed E-state index contributed by atoms with van der Waals surface area (Å²) in [6.45, 7) is 3.07. The Morgan fingerprint density at radius 2 is 2.00 bits per heavy atom. The van der Waals surface area contributed by atoms with Gasteiger partial charge in [-0.25, -0.2) is 8.42 Å². The van der Waals surface area contributed by atoms with Gasteiger partial charge in [0, 0.05) is 11.7 Å². The van der Waals surface area contributed by atoms with Gasteiger partial charge in [0.2, 0.25) is 0 Å². The van der Waals surface area contributed by atoms with Gasteiger partial charge in [-0.3, -0.25) is 4.79 Å². The quantitative estimate of drug-likeness (QED) is 0.658. The van der Waals surface area contributed by atoms with Gasteiger partial charge in [0.25, 0.3) is 0 Å². The highest BCUT2D eigenvalue weighted by Crippen LogP contribution is 2.32. The van der Waals surface area contributed by atoms with Crippen molar-refractivity contribution in [2.24, 2.45) is 5.92 Å². The van der Waals surface area contributed by atoms with Gasteiger partial charge in [0.15, 0.2) is 15.6 Å². The number of hydrogen-bond acceptors (Lipinski definition) is 3. The highest BCUT2D eigenvalue weighted by Gasteiger charge is 2.37. The predicted octanol–water partition coefficient (Wildman–Crippen LogP) is 0.789. The van der Waals surface area contributed by atoms with E-state index in [4.69, 9.17) is 0 Å². The molecule has 1 rings (SSSR count). The van der Waals surface area contributed by atoms with Gasteiger partial charge >= 0.3 is 0 Å². The molecule has 0 aliphatic heterocycles. The van der Waals surface area contributed by atoms with Crippen LogP contribution in [-0.2, 0) is 14.6 Å². The Bertz CT molecular complexity index is 275. The standard InChI is InChI=1S/C8H14O3S/c1-3-12(10,11)6(2)8(9)7-4-5-7/h6-7H,3-5H2,1-2H3/t6-/m1/s1. The first kappa shape index (κ1) is 9.71. The summed E-state index contributed by atoms with van der Waals surface area (Å²) >= 11 is 0. The Labute approximate surface area is 73.1 Å². The third-order valence-electron chi connectivity index (χ3n) is 2.32. The van der Waals surface area contributed by atoms with Crippen molar-refractivity contribution in [3.63, 3.8) is 0 Å². The maximum absolute atomic E-state index is 11.3. The molecule has 1 aliphatic carbocycles. The van der Waals surface area contributed by atoms with Crippen LogP contribution in [0, 0.1) is 5.92 Å². The number of ketones is 1. The molecule has 0 aromatic heterocycles. The zero-order valence-electron chi connectivity index (χ0n) is 7.41. The van der Waals surface area contributed by atoms with Gasteiger partial charge < -0.3 is 0 Å². The fraction of sp³-hybridized carbons (Fsp3) is 0.875. The second-order valence-corrected chi connectivity index (χ2v) is 5.88. The van der Waals surface area contributed by atoms with E-state index in [0.717, 1.165) is 12.8 Å². The summed E-state index contributed by atoms with van der Waals surface area (Å²) in [4.78, 5) is 11.3. The second-order valence-electron chi connectivity index (χ2n) is 3.27. The largest absolute Gasteiger partial charge is 0.298 e. The first-order valence-electron chi connectivity index (χ1n) is 4.24. The normalized spacial score (nSPS) is 20.5. The summed E-state index contributed by atoms with van der Waals surface area (Å²) in [6.07, 6.45) is 1.75. The van der Waals surface area contributed by atoms with Crippen LogP contribution in [0.3, 0.4) is 0 Å². The maximum atomic E-state index is 11.3. The number of carbonyl (C=O) groups is 1. The third-order valence-corrected chi connectivity index (χ3v) is 4.44. The van der Waals surface area contributed by atoms with Gasteiger partial charge in [-0.05, 0) is 19.8 Å². The summed E-state index contributed by atoms with van der Waals surface area (Å²) < 4.78 is 22.5. The van der Waals surface area contributed by atoms with Crippen molar-refractivity contribution in [2.75, 3.05) is 5.75 Å². The SMILES string of the molecule is CCS(=O)(=O)[C@H](C)C(=O)C1CC1. The monoisotopic (exact) mass is 190 g/mol. The molecule has 12 heavy (non-hydrogen) atoms. The molecule has 1 saturated carbocycles. The molecule has 4 heteroatoms. The van der Waals surface area contributed by atoms with Crippen LogP contribution >= 0.6 is 0 Å². The summed E-state index contributed by atoms with van der Waals surface area (Å²) in [7, 11) is -3.15. The Morgan fingerprint density at radius 3 is 2.33 bits per heavy atom. The fourth-order valence-corrected chi connectivity index (χ4v) is 2.17. The molecule has 0 saturated heterocycles. The Balaban J connectivity index is 2.69. The van der Waals surface area contributed by atoms with E-state index >= 15 is 0 Å². The van der Waals surface area contributed by atoms with Crippen molar-refractivity contribution < 1.29 is 13.2 Å². The van der Waals surface area contributed by atoms with E-state index in [-0.39, 0.29) is 17.5 Å². The van der Waals surface area contributed by atoms with Crippen LogP contribution < -0.4 is 0 Å². The van der Waals surface area contributed by atoms with Gasteiger partial charge in [0.05, 0.1) is 0 Å². The minimum absolute atomic E-state index is 0.0429. The lowest BCUT2D eigenvalue weighted by molar-refractivity contribution is -0.119. The van der Waals surface area contributed by atoms with Crippen molar-refractivity contribution in [3.05, 3.63) is 0 Å².